The largest absolute Gasteiger partial charge is 0.349 e. The normalized spacial score (nSPS) is 22.1. The van der Waals surface area contributed by atoms with Crippen LogP contribution in [0.3, 0.4) is 0 Å². The summed E-state index contributed by atoms with van der Waals surface area (Å²) in [6.07, 6.45) is 0.290. The van der Waals surface area contributed by atoms with Gasteiger partial charge >= 0.3 is 0 Å². The van der Waals surface area contributed by atoms with E-state index in [0.29, 0.717) is 13.0 Å². The van der Waals surface area contributed by atoms with E-state index in [-0.39, 0.29) is 18.2 Å². The van der Waals surface area contributed by atoms with Crippen molar-refractivity contribution in [1.82, 2.24) is 4.90 Å². The van der Waals surface area contributed by atoms with Crippen molar-refractivity contribution in [2.24, 2.45) is 0 Å². The van der Waals surface area contributed by atoms with Gasteiger partial charge in [-0.2, -0.15) is 0 Å². The van der Waals surface area contributed by atoms with Crippen molar-refractivity contribution in [1.29, 1.82) is 0 Å². The predicted octanol–water partition coefficient (Wildman–Crippen LogP) is 3.24. The van der Waals surface area contributed by atoms with E-state index >= 15 is 0 Å². The smallest absolute Gasteiger partial charge is 0.229 e. The lowest BCUT2D eigenvalue weighted by molar-refractivity contribution is -0.134. The Kier molecular flexibility index (Phi) is 3.85. The van der Waals surface area contributed by atoms with Crippen molar-refractivity contribution in [3.8, 4) is 0 Å². The predicted molar refractivity (Wildman–Crippen MR) is 79.5 cm³/mol. The van der Waals surface area contributed by atoms with E-state index in [4.69, 9.17) is 4.74 Å². The molecule has 3 nitrogen and oxygen atoms in total. The molecule has 0 bridgehead atoms. The van der Waals surface area contributed by atoms with Gasteiger partial charge in [0.05, 0.1) is 13.0 Å². The number of nitrogens with zero attached hydrogens (tertiary/aromatic N) is 1. The van der Waals surface area contributed by atoms with Crippen molar-refractivity contribution in [3.05, 3.63) is 58.3 Å². The monoisotopic (exact) mass is 287 g/mol. The molecule has 20 heavy (non-hydrogen) atoms. The van der Waals surface area contributed by atoms with Gasteiger partial charge < -0.3 is 9.64 Å². The average Bonchev–Trinajstić information content (AvgIpc) is 3.09. The van der Waals surface area contributed by atoms with Crippen molar-refractivity contribution in [2.45, 2.75) is 25.7 Å². The van der Waals surface area contributed by atoms with Gasteiger partial charge in [-0.15, -0.1) is 11.3 Å². The number of ether oxygens (including phenoxy) is 1. The van der Waals surface area contributed by atoms with Crippen LogP contribution in [0.5, 0.6) is 0 Å². The highest BCUT2D eigenvalue weighted by Gasteiger charge is 2.33. The molecule has 0 aliphatic carbocycles. The standard InChI is InChI=1S/C16H17NO2S/c1-12-17(16(18)10-14-8-5-9-20-14)11-15(19-12)13-6-3-2-4-7-13/h2-9,12,15H,10-11H2,1H3. The molecular weight excluding hydrogens is 270 g/mol. The Morgan fingerprint density at radius 3 is 2.80 bits per heavy atom. The first-order valence-electron chi connectivity index (χ1n) is 6.76. The maximum Gasteiger partial charge on any atom is 0.229 e. The molecule has 1 aliphatic rings. The summed E-state index contributed by atoms with van der Waals surface area (Å²) >= 11 is 1.62. The quantitative estimate of drug-likeness (QED) is 0.867. The van der Waals surface area contributed by atoms with Crippen LogP contribution in [0.2, 0.25) is 0 Å². The number of carbonyl (C=O) groups excluding carboxylic acids is 1. The molecule has 0 spiro atoms. The fraction of sp³-hybridized carbons (Fsp3) is 0.312. The number of rotatable bonds is 3. The van der Waals surface area contributed by atoms with E-state index in [9.17, 15) is 4.79 Å². The maximum atomic E-state index is 12.4. The minimum absolute atomic E-state index is 0.0153. The van der Waals surface area contributed by atoms with E-state index in [1.165, 1.54) is 0 Å². The highest BCUT2D eigenvalue weighted by Crippen LogP contribution is 2.29. The van der Waals surface area contributed by atoms with Gasteiger partial charge in [0.15, 0.2) is 0 Å². The third-order valence-electron chi connectivity index (χ3n) is 3.56. The van der Waals surface area contributed by atoms with Crippen LogP contribution in [0.1, 0.15) is 23.5 Å². The molecule has 1 amide bonds. The topological polar surface area (TPSA) is 29.5 Å². The highest BCUT2D eigenvalue weighted by atomic mass is 32.1. The Morgan fingerprint density at radius 1 is 1.30 bits per heavy atom. The van der Waals surface area contributed by atoms with E-state index in [2.05, 4.69) is 0 Å². The van der Waals surface area contributed by atoms with Gasteiger partial charge in [-0.3, -0.25) is 4.79 Å². The number of benzene rings is 1. The lowest BCUT2D eigenvalue weighted by Gasteiger charge is -2.18. The molecule has 1 aromatic heterocycles. The summed E-state index contributed by atoms with van der Waals surface area (Å²) in [6.45, 7) is 2.57. The van der Waals surface area contributed by atoms with Gasteiger partial charge in [-0.05, 0) is 23.9 Å². The first-order chi connectivity index (χ1) is 9.74. The molecule has 2 aromatic rings. The van der Waals surface area contributed by atoms with E-state index in [0.717, 1.165) is 10.4 Å². The molecule has 1 saturated heterocycles. The number of hydrogen-bond acceptors (Lipinski definition) is 3. The number of amides is 1. The Morgan fingerprint density at radius 2 is 2.10 bits per heavy atom. The Bertz CT molecular complexity index is 567. The van der Waals surface area contributed by atoms with Crippen molar-refractivity contribution in [3.63, 3.8) is 0 Å². The van der Waals surface area contributed by atoms with Gasteiger partial charge in [0, 0.05) is 4.88 Å². The van der Waals surface area contributed by atoms with Crippen LogP contribution >= 0.6 is 11.3 Å². The van der Waals surface area contributed by atoms with Crippen molar-refractivity contribution in [2.75, 3.05) is 6.54 Å². The summed E-state index contributed by atoms with van der Waals surface area (Å²) in [7, 11) is 0. The van der Waals surface area contributed by atoms with Gasteiger partial charge in [0.2, 0.25) is 5.91 Å². The summed E-state index contributed by atoms with van der Waals surface area (Å²) in [5.74, 6) is 0.137. The molecule has 2 heterocycles. The molecule has 2 unspecified atom stereocenters. The third-order valence-corrected chi connectivity index (χ3v) is 4.44. The molecule has 1 fully saturated rings. The fourth-order valence-electron chi connectivity index (χ4n) is 2.50. The Labute approximate surface area is 122 Å². The van der Waals surface area contributed by atoms with Crippen molar-refractivity contribution < 1.29 is 9.53 Å². The summed E-state index contributed by atoms with van der Waals surface area (Å²) in [4.78, 5) is 15.3. The van der Waals surface area contributed by atoms with E-state index in [1.54, 1.807) is 11.3 Å². The highest BCUT2D eigenvalue weighted by molar-refractivity contribution is 7.10. The summed E-state index contributed by atoms with van der Waals surface area (Å²) in [5.41, 5.74) is 1.13. The second-order valence-electron chi connectivity index (χ2n) is 4.94. The number of carbonyl (C=O) groups is 1. The second-order valence-corrected chi connectivity index (χ2v) is 5.97. The first kappa shape index (κ1) is 13.3. The van der Waals surface area contributed by atoms with Gasteiger partial charge in [0.25, 0.3) is 0 Å². The van der Waals surface area contributed by atoms with Crippen LogP contribution < -0.4 is 0 Å². The Hall–Kier alpha value is -1.65. The van der Waals surface area contributed by atoms with Crippen molar-refractivity contribution >= 4 is 17.2 Å². The Balaban J connectivity index is 1.68. The molecule has 0 radical (unpaired) electrons. The fourth-order valence-corrected chi connectivity index (χ4v) is 3.20. The molecule has 2 atom stereocenters. The third kappa shape index (κ3) is 2.76. The summed E-state index contributed by atoms with van der Waals surface area (Å²) < 4.78 is 5.91. The zero-order chi connectivity index (χ0) is 13.9. The number of hydrogen-bond donors (Lipinski definition) is 0. The summed E-state index contributed by atoms with van der Waals surface area (Å²) in [5, 5.41) is 2.00. The molecule has 0 N–H and O–H groups in total. The van der Waals surface area contributed by atoms with Gasteiger partial charge in [-0.25, -0.2) is 0 Å². The minimum atomic E-state index is -0.160. The molecule has 1 aromatic carbocycles. The molecule has 0 saturated carbocycles. The average molecular weight is 287 g/mol. The SMILES string of the molecule is CC1OC(c2ccccc2)CN1C(=O)Cc1cccs1. The molecular formula is C16H17NO2S. The van der Waals surface area contributed by atoms with Crippen LogP contribution in [-0.4, -0.2) is 23.6 Å². The van der Waals surface area contributed by atoms with Crippen LogP contribution in [0.25, 0.3) is 0 Å². The lowest BCUT2D eigenvalue weighted by atomic mass is 10.1. The van der Waals surface area contributed by atoms with E-state index < -0.39 is 0 Å². The molecule has 3 rings (SSSR count). The van der Waals surface area contributed by atoms with Crippen LogP contribution in [0.4, 0.5) is 0 Å². The van der Waals surface area contributed by atoms with Gasteiger partial charge in [-0.1, -0.05) is 36.4 Å². The van der Waals surface area contributed by atoms with Crippen LogP contribution in [0.15, 0.2) is 47.8 Å². The minimum Gasteiger partial charge on any atom is -0.349 e. The second kappa shape index (κ2) is 5.77. The number of thiophene rings is 1. The lowest BCUT2D eigenvalue weighted by Crippen LogP contribution is -2.35. The zero-order valence-corrected chi connectivity index (χ0v) is 12.2. The molecule has 4 heteroatoms. The molecule has 104 valence electrons. The van der Waals surface area contributed by atoms with Gasteiger partial charge in [0.1, 0.15) is 12.3 Å². The first-order valence-corrected chi connectivity index (χ1v) is 7.64. The zero-order valence-electron chi connectivity index (χ0n) is 11.4. The van der Waals surface area contributed by atoms with Crippen LogP contribution in [-0.2, 0) is 16.0 Å². The van der Waals surface area contributed by atoms with E-state index in [1.807, 2.05) is 59.7 Å². The molecule has 1 aliphatic heterocycles. The summed E-state index contributed by atoms with van der Waals surface area (Å²) in [6, 6.07) is 14.1. The van der Waals surface area contributed by atoms with Crippen LogP contribution in [0, 0.1) is 0 Å². The maximum absolute atomic E-state index is 12.4.